The summed E-state index contributed by atoms with van der Waals surface area (Å²) in [6.45, 7) is 2.32. The van der Waals surface area contributed by atoms with Crippen molar-refractivity contribution in [1.82, 2.24) is 0 Å². The van der Waals surface area contributed by atoms with Gasteiger partial charge in [-0.05, 0) is 0 Å². The van der Waals surface area contributed by atoms with E-state index in [1.165, 1.54) is 4.18 Å². The van der Waals surface area contributed by atoms with E-state index in [1.54, 1.807) is 0 Å². The van der Waals surface area contributed by atoms with Gasteiger partial charge in [0.15, 0.2) is 0 Å². The van der Waals surface area contributed by atoms with Crippen molar-refractivity contribution < 1.29 is 0 Å². The van der Waals surface area contributed by atoms with Crippen LogP contribution in [-0.4, -0.2) is 22.9 Å². The molecule has 0 radical (unpaired) electrons. The summed E-state index contributed by atoms with van der Waals surface area (Å²) in [6.07, 6.45) is 9.05. The van der Waals surface area contributed by atoms with Crippen LogP contribution in [0.15, 0.2) is 24.3 Å². The summed E-state index contributed by atoms with van der Waals surface area (Å²) in [4.78, 5) is 0. The molecule has 0 unspecified atom stereocenters. The van der Waals surface area contributed by atoms with Crippen molar-refractivity contribution in [2.45, 2.75) is 14.8 Å². The molecule has 1 aliphatic rings. The molecule has 0 bridgehead atoms. The van der Waals surface area contributed by atoms with E-state index in [0.717, 1.165) is 3.67 Å². The van der Waals surface area contributed by atoms with Crippen LogP contribution in [0.4, 0.5) is 0 Å². The fourth-order valence-corrected chi connectivity index (χ4v) is 4.90. The van der Waals surface area contributed by atoms with Crippen LogP contribution in [0, 0.1) is 0 Å². The zero-order valence-corrected chi connectivity index (χ0v) is 9.34. The minimum atomic E-state index is -0.332. The van der Waals surface area contributed by atoms with E-state index in [9.17, 15) is 0 Å². The van der Waals surface area contributed by atoms with E-state index in [2.05, 4.69) is 31.2 Å². The second kappa shape index (κ2) is 3.39. The molecule has 0 aromatic rings. The Morgan fingerprint density at radius 1 is 1.38 bits per heavy atom. The number of hydrogen-bond acceptors (Lipinski definition) is 0. The van der Waals surface area contributed by atoms with Crippen LogP contribution in [-0.2, 0) is 0 Å². The molecule has 0 atom stereocenters. The van der Waals surface area contributed by atoms with Crippen LogP contribution in [0.2, 0.25) is 7.85 Å². The molecule has 0 saturated heterocycles. The normalized spacial score (nSPS) is 17.6. The first kappa shape index (κ1) is 6.47. The third-order valence-corrected chi connectivity index (χ3v) is 6.55. The second-order valence-electron chi connectivity index (χ2n) is 2.22. The summed E-state index contributed by atoms with van der Waals surface area (Å²) in [7, 11) is 0. The van der Waals surface area contributed by atoms with Crippen LogP contribution >= 0.6 is 0 Å². The molecule has 0 heterocycles. The van der Waals surface area contributed by atoms with Crippen molar-refractivity contribution in [2.24, 2.45) is 0 Å². The summed E-state index contributed by atoms with van der Waals surface area (Å²) < 4.78 is 2.46. The Morgan fingerprint density at radius 2 is 2.00 bits per heavy atom. The van der Waals surface area contributed by atoms with Gasteiger partial charge < -0.3 is 0 Å². The molecule has 1 aliphatic carbocycles. The molecule has 0 N–H and O–H groups in total. The van der Waals surface area contributed by atoms with E-state index in [1.807, 2.05) is 0 Å². The molecule has 8 heavy (non-hydrogen) atoms. The third-order valence-electron chi connectivity index (χ3n) is 1.45. The van der Waals surface area contributed by atoms with Crippen molar-refractivity contribution in [1.29, 1.82) is 0 Å². The van der Waals surface area contributed by atoms with Crippen LogP contribution in [0.25, 0.3) is 0 Å². The van der Waals surface area contributed by atoms with Gasteiger partial charge in [-0.3, -0.25) is 0 Å². The summed E-state index contributed by atoms with van der Waals surface area (Å²) in [5.41, 5.74) is 0. The number of hydrogen-bond donors (Lipinski definition) is 0. The van der Waals surface area contributed by atoms with Crippen molar-refractivity contribution in [3.63, 3.8) is 0 Å². The predicted molar refractivity (Wildman–Crippen MR) is 39.7 cm³/mol. The molecule has 1 heteroatoms. The maximum absolute atomic E-state index is 2.35. The molecule has 0 aromatic heterocycles. The maximum atomic E-state index is 2.35. The Labute approximate surface area is 62.0 Å². The fraction of sp³-hybridized carbons (Fsp3) is 0.429. The van der Waals surface area contributed by atoms with Gasteiger partial charge in [0.25, 0.3) is 0 Å². The van der Waals surface area contributed by atoms with E-state index in [0.29, 0.717) is 0 Å². The second-order valence-corrected chi connectivity index (χ2v) is 9.42. The van der Waals surface area contributed by atoms with Gasteiger partial charge in [-0.15, -0.1) is 0 Å². The molecule has 0 saturated carbocycles. The Bertz CT molecular complexity index is 102. The number of rotatable bonds is 2. The Balaban J connectivity index is 2.27. The fourth-order valence-electron chi connectivity index (χ4n) is 1.00. The summed E-state index contributed by atoms with van der Waals surface area (Å²) in [5, 5.41) is 0. The van der Waals surface area contributed by atoms with E-state index in [-0.39, 0.29) is 22.9 Å². The molecule has 42 valence electrons. The minimum absolute atomic E-state index is 0.332. The SMILES string of the molecule is C[CH2][InH][CH]1C=CC=C1. The van der Waals surface area contributed by atoms with E-state index in [4.69, 9.17) is 0 Å². The van der Waals surface area contributed by atoms with Gasteiger partial charge in [0, 0.05) is 0 Å². The molecular weight excluding hydrogens is 199 g/mol. The van der Waals surface area contributed by atoms with Gasteiger partial charge in [-0.2, -0.15) is 0 Å². The summed E-state index contributed by atoms with van der Waals surface area (Å²) >= 11 is -0.332. The Kier molecular flexibility index (Phi) is 2.74. The van der Waals surface area contributed by atoms with Gasteiger partial charge in [0.05, 0.1) is 0 Å². The Morgan fingerprint density at radius 3 is 2.50 bits per heavy atom. The van der Waals surface area contributed by atoms with Gasteiger partial charge in [-0.1, -0.05) is 0 Å². The van der Waals surface area contributed by atoms with E-state index >= 15 is 0 Å². The summed E-state index contributed by atoms with van der Waals surface area (Å²) in [5.74, 6) is 0. The van der Waals surface area contributed by atoms with Crippen LogP contribution in [0.1, 0.15) is 6.92 Å². The van der Waals surface area contributed by atoms with Gasteiger partial charge >= 0.3 is 62.0 Å². The first-order valence-electron chi connectivity index (χ1n) is 3.28. The topological polar surface area (TPSA) is 0 Å². The van der Waals surface area contributed by atoms with Gasteiger partial charge in [0.2, 0.25) is 0 Å². The quantitative estimate of drug-likeness (QED) is 0.651. The van der Waals surface area contributed by atoms with Crippen molar-refractivity contribution in [3.8, 4) is 0 Å². The van der Waals surface area contributed by atoms with Crippen molar-refractivity contribution >= 4 is 22.9 Å². The zero-order valence-electron chi connectivity index (χ0n) is 5.30. The van der Waals surface area contributed by atoms with E-state index < -0.39 is 0 Å². The number of allylic oxidation sites excluding steroid dienone is 4. The molecule has 0 fully saturated rings. The zero-order chi connectivity index (χ0) is 5.82. The molecule has 0 aliphatic heterocycles. The summed E-state index contributed by atoms with van der Waals surface area (Å²) in [6, 6.07) is 0. The van der Waals surface area contributed by atoms with Crippen LogP contribution < -0.4 is 0 Å². The third kappa shape index (κ3) is 1.70. The first-order chi connectivity index (χ1) is 3.93. The average molecular weight is 210 g/mol. The van der Waals surface area contributed by atoms with Crippen molar-refractivity contribution in [2.75, 3.05) is 0 Å². The van der Waals surface area contributed by atoms with Gasteiger partial charge in [-0.25, -0.2) is 0 Å². The Hall–Kier alpha value is 0.350. The standard InChI is InChI=1S/C5H5.C2H5.In.H/c1-2-4-5-3-1;1-2;;/h1-5H;1H2,2H3;;. The van der Waals surface area contributed by atoms with Gasteiger partial charge in [0.1, 0.15) is 0 Å². The predicted octanol–water partition coefficient (Wildman–Crippen LogP) is 1.78. The molecule has 0 nitrogen and oxygen atoms in total. The molecule has 0 amide bonds. The first-order valence-corrected chi connectivity index (χ1v) is 8.47. The molecular formula is C7H11In. The monoisotopic (exact) mass is 210 g/mol. The van der Waals surface area contributed by atoms with Crippen molar-refractivity contribution in [3.05, 3.63) is 24.3 Å². The molecule has 0 aromatic carbocycles. The van der Waals surface area contributed by atoms with Crippen LogP contribution in [0.3, 0.4) is 0 Å². The average Bonchev–Trinajstić information content (AvgIpc) is 2.19. The van der Waals surface area contributed by atoms with Crippen LogP contribution in [0.5, 0.6) is 0 Å². The molecule has 0 spiro atoms. The molecule has 1 rings (SSSR count).